The Hall–Kier alpha value is -2.85. The first-order valence-electron chi connectivity index (χ1n) is 12.2. The van der Waals surface area contributed by atoms with Crippen molar-refractivity contribution in [2.24, 2.45) is 0 Å². The number of hydrogen-bond acceptors (Lipinski definition) is 3. The maximum Gasteiger partial charge on any atom is 0.133 e. The summed E-state index contributed by atoms with van der Waals surface area (Å²) in [6, 6.07) is 13.9. The average Bonchev–Trinajstić information content (AvgIpc) is 3.15. The lowest BCUT2D eigenvalue weighted by Crippen LogP contribution is -2.29. The van der Waals surface area contributed by atoms with Crippen LogP contribution in [0.5, 0.6) is 11.5 Å². The highest BCUT2D eigenvalue weighted by atomic mass is 79.9. The molecular formula is C24H19BrN2O. The normalized spacial score (nSPS) is 24.9. The minimum Gasteiger partial charge on any atom is -0.457 e. The molecule has 138 valence electrons. The molecule has 0 N–H and O–H groups in total. The molecule has 2 aliphatic rings. The number of aryl methyl sites for hydroxylation is 1. The second-order valence-corrected chi connectivity index (χ2v) is 7.43. The molecule has 28 heavy (non-hydrogen) atoms. The third kappa shape index (κ3) is 3.04. The van der Waals surface area contributed by atoms with E-state index in [1.807, 2.05) is 24.3 Å². The monoisotopic (exact) mass is 437 g/mol. The highest BCUT2D eigenvalue weighted by Gasteiger charge is 2.38. The van der Waals surface area contributed by atoms with Crippen LogP contribution in [0.3, 0.4) is 0 Å². The summed E-state index contributed by atoms with van der Waals surface area (Å²) in [4.78, 5) is 6.07. The van der Waals surface area contributed by atoms with Gasteiger partial charge in [0.2, 0.25) is 0 Å². The van der Waals surface area contributed by atoms with Crippen molar-refractivity contribution >= 4 is 27.4 Å². The maximum absolute atomic E-state index is 8.65. The van der Waals surface area contributed by atoms with Gasteiger partial charge in [-0.05, 0) is 54.4 Å². The highest BCUT2D eigenvalue weighted by Crippen LogP contribution is 2.48. The Bertz CT molecular complexity index is 1400. The van der Waals surface area contributed by atoms with Crippen LogP contribution in [0.1, 0.15) is 26.6 Å². The van der Waals surface area contributed by atoms with E-state index in [1.54, 1.807) is 23.1 Å². The molecule has 0 amide bonds. The van der Waals surface area contributed by atoms with E-state index in [-0.39, 0.29) is 35.6 Å². The Morgan fingerprint density at radius 2 is 1.96 bits per heavy atom. The molecule has 3 aromatic rings. The predicted octanol–water partition coefficient (Wildman–Crippen LogP) is 6.67. The van der Waals surface area contributed by atoms with Gasteiger partial charge in [0.05, 0.1) is 17.2 Å². The van der Waals surface area contributed by atoms with Crippen molar-refractivity contribution in [2.45, 2.75) is 18.8 Å². The van der Waals surface area contributed by atoms with Gasteiger partial charge in [-0.3, -0.25) is 0 Å². The molecule has 1 aliphatic heterocycles. The fourth-order valence-electron chi connectivity index (χ4n) is 3.54. The molecule has 0 radical (unpaired) electrons. The van der Waals surface area contributed by atoms with Crippen molar-refractivity contribution in [1.82, 2.24) is 4.98 Å². The van der Waals surface area contributed by atoms with E-state index in [2.05, 4.69) is 20.9 Å². The summed E-state index contributed by atoms with van der Waals surface area (Å²) in [6.07, 6.45) is 1.40. The zero-order valence-electron chi connectivity index (χ0n) is 21.6. The van der Waals surface area contributed by atoms with Gasteiger partial charge in [-0.25, -0.2) is 4.98 Å². The Balaban J connectivity index is 1.68. The zero-order chi connectivity index (χ0) is 25.1. The van der Waals surface area contributed by atoms with E-state index in [0.717, 1.165) is 4.47 Å². The van der Waals surface area contributed by atoms with Crippen LogP contribution < -0.4 is 9.64 Å². The van der Waals surface area contributed by atoms with Gasteiger partial charge in [-0.1, -0.05) is 52.3 Å². The minimum atomic E-state index is -2.35. The maximum atomic E-state index is 8.65. The van der Waals surface area contributed by atoms with Crippen molar-refractivity contribution in [3.8, 4) is 11.5 Å². The lowest BCUT2D eigenvalue weighted by atomic mass is 9.91. The molecule has 0 saturated heterocycles. The zero-order valence-corrected chi connectivity index (χ0v) is 16.2. The van der Waals surface area contributed by atoms with Crippen molar-refractivity contribution in [3.05, 3.63) is 101 Å². The Kier molecular flexibility index (Phi) is 2.79. The van der Waals surface area contributed by atoms with E-state index in [9.17, 15) is 0 Å². The van der Waals surface area contributed by atoms with E-state index >= 15 is 0 Å². The molecule has 0 bridgehead atoms. The summed E-state index contributed by atoms with van der Waals surface area (Å²) in [5.74, 6) is 0.719. The smallest absolute Gasteiger partial charge is 0.133 e. The molecule has 1 aromatic heterocycles. The van der Waals surface area contributed by atoms with Gasteiger partial charge in [0, 0.05) is 26.8 Å². The molecule has 3 nitrogen and oxygen atoms in total. The van der Waals surface area contributed by atoms with E-state index in [1.165, 1.54) is 18.3 Å². The van der Waals surface area contributed by atoms with Crippen LogP contribution in [-0.4, -0.2) is 11.0 Å². The molecule has 2 aromatic carbocycles. The average molecular weight is 438 g/mol. The molecule has 2 heterocycles. The van der Waals surface area contributed by atoms with Gasteiger partial charge >= 0.3 is 0 Å². The molecule has 2 atom stereocenters. The van der Waals surface area contributed by atoms with Gasteiger partial charge in [0.15, 0.2) is 0 Å². The Morgan fingerprint density at radius 1 is 1.07 bits per heavy atom. The van der Waals surface area contributed by atoms with Crippen molar-refractivity contribution in [2.75, 3.05) is 4.90 Å². The molecule has 0 spiro atoms. The lowest BCUT2D eigenvalue weighted by molar-refractivity contribution is 0.482. The van der Waals surface area contributed by atoms with Crippen LogP contribution in [0.15, 0.2) is 89.5 Å². The van der Waals surface area contributed by atoms with Gasteiger partial charge in [0.25, 0.3) is 0 Å². The molecule has 1 aliphatic carbocycles. The van der Waals surface area contributed by atoms with Crippen molar-refractivity contribution in [3.63, 3.8) is 0 Å². The third-order valence-electron chi connectivity index (χ3n) is 4.72. The summed E-state index contributed by atoms with van der Waals surface area (Å²) < 4.78 is 64.0. The first-order valence-corrected chi connectivity index (χ1v) is 9.54. The third-order valence-corrected chi connectivity index (χ3v) is 5.22. The Morgan fingerprint density at radius 3 is 2.86 bits per heavy atom. The highest BCUT2D eigenvalue weighted by molar-refractivity contribution is 9.10. The largest absolute Gasteiger partial charge is 0.457 e. The summed E-state index contributed by atoms with van der Waals surface area (Å²) in [5.41, 5.74) is 1.36. The number of allylic oxidation sites excluding steroid dienone is 2. The number of aromatic nitrogens is 1. The second-order valence-electron chi connectivity index (χ2n) is 6.51. The van der Waals surface area contributed by atoms with Gasteiger partial charge in [-0.2, -0.15) is 0 Å². The number of fused-ring (bicyclic) bond motifs is 3. The topological polar surface area (TPSA) is 25.4 Å². The van der Waals surface area contributed by atoms with Crippen LogP contribution in [0.25, 0.3) is 0 Å². The van der Waals surface area contributed by atoms with Crippen LogP contribution >= 0.6 is 15.9 Å². The summed E-state index contributed by atoms with van der Waals surface area (Å²) >= 11 is 3.42. The standard InChI is InChI=1S/C24H19BrN2O/c1-16-11-12-26-24(13-16)27-22-8-3-2-7-20(22)21-10-9-19(15-23(21)27)28-18-6-4-5-17(25)14-18/h2-15,20,22H,1H3/i1D3,2D,3D,7D,8D. The van der Waals surface area contributed by atoms with E-state index in [0.29, 0.717) is 22.7 Å². The molecule has 0 saturated carbocycles. The van der Waals surface area contributed by atoms with Crippen LogP contribution in [-0.2, 0) is 0 Å². The van der Waals surface area contributed by atoms with Gasteiger partial charge < -0.3 is 9.64 Å². The first kappa shape index (κ1) is 11.2. The van der Waals surface area contributed by atoms with Crippen LogP contribution in [0.2, 0.25) is 0 Å². The molecule has 0 fully saturated rings. The predicted molar refractivity (Wildman–Crippen MR) is 117 cm³/mol. The molecule has 5 rings (SSSR count). The van der Waals surface area contributed by atoms with E-state index in [4.69, 9.17) is 14.3 Å². The number of nitrogens with zero attached hydrogens (tertiary/aromatic N) is 2. The fraction of sp³-hybridized carbons (Fsp3) is 0.125. The molecule has 2 unspecified atom stereocenters. The van der Waals surface area contributed by atoms with Gasteiger partial charge in [0.1, 0.15) is 17.3 Å². The molecular weight excluding hydrogens is 412 g/mol. The number of rotatable bonds is 3. The number of anilines is 2. The van der Waals surface area contributed by atoms with Crippen molar-refractivity contribution in [1.29, 1.82) is 0 Å². The summed E-state index contributed by atoms with van der Waals surface area (Å²) in [7, 11) is 0. The van der Waals surface area contributed by atoms with Gasteiger partial charge in [-0.15, -0.1) is 0 Å². The number of pyridine rings is 1. The molecule has 4 heteroatoms. The SMILES string of the molecule is [2H]C1=C([2H])C2c3ccc(Oc4cccc(Br)c4)cc3N(c3cc(C([2H])([2H])[2H])ccn3)C2C([2H])=C1[2H]. The minimum absolute atomic E-state index is 0.0626. The number of benzene rings is 2. The number of halogens is 1. The first-order chi connectivity index (χ1) is 16.6. The van der Waals surface area contributed by atoms with Crippen LogP contribution in [0.4, 0.5) is 11.5 Å². The summed E-state index contributed by atoms with van der Waals surface area (Å²) in [6.45, 7) is -2.35. The number of hydrogen-bond donors (Lipinski definition) is 0. The fourth-order valence-corrected chi connectivity index (χ4v) is 3.92. The lowest BCUT2D eigenvalue weighted by Gasteiger charge is -2.27. The van der Waals surface area contributed by atoms with Crippen molar-refractivity contribution < 1.29 is 14.3 Å². The van der Waals surface area contributed by atoms with E-state index < -0.39 is 18.8 Å². The number of ether oxygens (including phenoxy) is 1. The second kappa shape index (κ2) is 6.95. The Labute approximate surface area is 183 Å². The quantitative estimate of drug-likeness (QED) is 0.456. The summed E-state index contributed by atoms with van der Waals surface area (Å²) in [5, 5.41) is 0. The van der Waals surface area contributed by atoms with Crippen LogP contribution in [0, 0.1) is 6.85 Å².